The Morgan fingerprint density at radius 3 is 3.04 bits per heavy atom. The summed E-state index contributed by atoms with van der Waals surface area (Å²) in [5, 5.41) is 14.8. The summed E-state index contributed by atoms with van der Waals surface area (Å²) in [4.78, 5) is 14.1. The molecule has 2 saturated heterocycles. The van der Waals surface area contributed by atoms with Crippen LogP contribution < -0.4 is 0 Å². The molecule has 1 aromatic heterocycles. The second kappa shape index (κ2) is 6.44. The van der Waals surface area contributed by atoms with Crippen molar-refractivity contribution in [2.45, 2.75) is 13.0 Å². The number of hydrogen-bond acceptors (Lipinski definition) is 4. The normalized spacial score (nSPS) is 26.5. The van der Waals surface area contributed by atoms with Gasteiger partial charge >= 0.3 is 5.97 Å². The molecule has 0 aliphatic carbocycles. The molecule has 7 heteroatoms. The number of carbonyl (C=O) groups is 1. The molecular weight excluding hydrogens is 342 g/mol. The smallest absolute Gasteiger partial charge is 0.311 e. The van der Waals surface area contributed by atoms with Gasteiger partial charge in [0.05, 0.1) is 28.9 Å². The first-order chi connectivity index (χ1) is 12.1. The lowest BCUT2D eigenvalue weighted by atomic mass is 9.74. The number of fused-ring (bicyclic) bond motifs is 1. The highest BCUT2D eigenvalue weighted by Gasteiger charge is 2.53. The van der Waals surface area contributed by atoms with E-state index < -0.39 is 11.4 Å². The Bertz CT molecular complexity index is 793. The van der Waals surface area contributed by atoms with Crippen molar-refractivity contribution in [1.29, 1.82) is 0 Å². The van der Waals surface area contributed by atoms with Gasteiger partial charge in [0.2, 0.25) is 0 Å². The van der Waals surface area contributed by atoms with Crippen LogP contribution in [0.3, 0.4) is 0 Å². The average molecular weight is 362 g/mol. The topological polar surface area (TPSA) is 67.6 Å². The van der Waals surface area contributed by atoms with Gasteiger partial charge in [-0.3, -0.25) is 9.69 Å². The van der Waals surface area contributed by atoms with E-state index in [9.17, 15) is 9.90 Å². The number of rotatable bonds is 4. The highest BCUT2D eigenvalue weighted by Crippen LogP contribution is 2.42. The first kappa shape index (κ1) is 16.6. The van der Waals surface area contributed by atoms with E-state index in [1.165, 1.54) is 0 Å². The van der Waals surface area contributed by atoms with Gasteiger partial charge in [-0.15, -0.1) is 0 Å². The van der Waals surface area contributed by atoms with Crippen molar-refractivity contribution in [2.24, 2.45) is 11.3 Å². The number of carboxylic acid groups (broad SMARTS) is 1. The maximum atomic E-state index is 11.9. The SMILES string of the molecule is O=C(O)[C@]12CCOC[C@H]1CN(Cc1cnn(-c3ccccc3Cl)c1)C2. The molecule has 25 heavy (non-hydrogen) atoms. The summed E-state index contributed by atoms with van der Waals surface area (Å²) in [6.45, 7) is 3.04. The lowest BCUT2D eigenvalue weighted by Crippen LogP contribution is -2.44. The number of nitrogens with zero attached hydrogens (tertiary/aromatic N) is 3. The van der Waals surface area contributed by atoms with Crippen LogP contribution in [0.4, 0.5) is 0 Å². The highest BCUT2D eigenvalue weighted by atomic mass is 35.5. The second-order valence-electron chi connectivity index (χ2n) is 6.90. The fourth-order valence-electron chi connectivity index (χ4n) is 3.99. The average Bonchev–Trinajstić information content (AvgIpc) is 3.20. The van der Waals surface area contributed by atoms with Crippen molar-refractivity contribution in [1.82, 2.24) is 14.7 Å². The molecule has 6 nitrogen and oxygen atoms in total. The maximum Gasteiger partial charge on any atom is 0.311 e. The number of halogens is 1. The fourth-order valence-corrected chi connectivity index (χ4v) is 4.22. The Morgan fingerprint density at radius 2 is 2.28 bits per heavy atom. The molecule has 0 unspecified atom stereocenters. The zero-order valence-electron chi connectivity index (χ0n) is 13.8. The molecule has 2 aliphatic rings. The molecule has 1 N–H and O–H groups in total. The Balaban J connectivity index is 1.50. The molecular formula is C18H20ClN3O3. The van der Waals surface area contributed by atoms with Gasteiger partial charge in [0, 0.05) is 43.9 Å². The van der Waals surface area contributed by atoms with E-state index >= 15 is 0 Å². The minimum atomic E-state index is -0.699. The van der Waals surface area contributed by atoms with Crippen molar-refractivity contribution in [3.8, 4) is 5.69 Å². The second-order valence-corrected chi connectivity index (χ2v) is 7.30. The van der Waals surface area contributed by atoms with Gasteiger partial charge in [0.25, 0.3) is 0 Å². The van der Waals surface area contributed by atoms with Gasteiger partial charge in [0.15, 0.2) is 0 Å². The van der Waals surface area contributed by atoms with E-state index in [2.05, 4.69) is 10.00 Å². The van der Waals surface area contributed by atoms with Crippen LogP contribution >= 0.6 is 11.6 Å². The first-order valence-electron chi connectivity index (χ1n) is 8.40. The number of benzene rings is 1. The third-order valence-corrected chi connectivity index (χ3v) is 5.66. The van der Waals surface area contributed by atoms with E-state index in [4.69, 9.17) is 16.3 Å². The van der Waals surface area contributed by atoms with E-state index in [-0.39, 0.29) is 5.92 Å². The Kier molecular flexibility index (Phi) is 4.27. The zero-order chi connectivity index (χ0) is 17.4. The minimum absolute atomic E-state index is 0.0531. The van der Waals surface area contributed by atoms with Crippen LogP contribution in [0.2, 0.25) is 5.02 Å². The van der Waals surface area contributed by atoms with Crippen LogP contribution in [0.25, 0.3) is 5.69 Å². The summed E-state index contributed by atoms with van der Waals surface area (Å²) in [6.07, 6.45) is 4.35. The van der Waals surface area contributed by atoms with Crippen LogP contribution in [-0.4, -0.2) is 52.1 Å². The van der Waals surface area contributed by atoms with E-state index in [1.807, 2.05) is 36.7 Å². The molecule has 132 valence electrons. The molecule has 0 bridgehead atoms. The lowest BCUT2D eigenvalue weighted by Gasteiger charge is -2.34. The van der Waals surface area contributed by atoms with Gasteiger partial charge in [-0.05, 0) is 18.6 Å². The van der Waals surface area contributed by atoms with Crippen LogP contribution in [-0.2, 0) is 16.1 Å². The molecule has 0 saturated carbocycles. The number of likely N-dealkylation sites (tertiary alicyclic amines) is 1. The Hall–Kier alpha value is -1.89. The van der Waals surface area contributed by atoms with Crippen molar-refractivity contribution < 1.29 is 14.6 Å². The lowest BCUT2D eigenvalue weighted by molar-refractivity contribution is -0.157. The first-order valence-corrected chi connectivity index (χ1v) is 8.78. The Labute approximate surface area is 151 Å². The number of hydrogen-bond donors (Lipinski definition) is 1. The molecule has 2 atom stereocenters. The third kappa shape index (κ3) is 2.94. The molecule has 0 radical (unpaired) electrons. The van der Waals surface area contributed by atoms with E-state index in [0.29, 0.717) is 37.7 Å². The summed E-state index contributed by atoms with van der Waals surface area (Å²) >= 11 is 6.22. The third-order valence-electron chi connectivity index (χ3n) is 5.34. The molecule has 2 aromatic rings. The monoisotopic (exact) mass is 361 g/mol. The number of carboxylic acids is 1. The number of ether oxygens (including phenoxy) is 1. The van der Waals surface area contributed by atoms with E-state index in [0.717, 1.165) is 17.8 Å². The molecule has 4 rings (SSSR count). The van der Waals surface area contributed by atoms with Crippen LogP contribution in [0.5, 0.6) is 0 Å². The number of aromatic nitrogens is 2. The van der Waals surface area contributed by atoms with Crippen molar-refractivity contribution >= 4 is 17.6 Å². The van der Waals surface area contributed by atoms with Crippen LogP contribution in [0, 0.1) is 11.3 Å². The number of aliphatic carboxylic acids is 1. The molecule has 2 aliphatic heterocycles. The van der Waals surface area contributed by atoms with E-state index in [1.54, 1.807) is 4.68 Å². The predicted molar refractivity (Wildman–Crippen MR) is 92.8 cm³/mol. The van der Waals surface area contributed by atoms with Gasteiger partial charge < -0.3 is 9.84 Å². The minimum Gasteiger partial charge on any atom is -0.481 e. The summed E-state index contributed by atoms with van der Waals surface area (Å²) < 4.78 is 7.27. The maximum absolute atomic E-state index is 11.9. The quantitative estimate of drug-likeness (QED) is 0.906. The van der Waals surface area contributed by atoms with Crippen molar-refractivity contribution in [3.05, 3.63) is 47.2 Å². The van der Waals surface area contributed by atoms with Crippen molar-refractivity contribution in [2.75, 3.05) is 26.3 Å². The molecule has 0 spiro atoms. The fraction of sp³-hybridized carbons (Fsp3) is 0.444. The van der Waals surface area contributed by atoms with Gasteiger partial charge in [-0.1, -0.05) is 23.7 Å². The summed E-state index contributed by atoms with van der Waals surface area (Å²) in [7, 11) is 0. The molecule has 3 heterocycles. The van der Waals surface area contributed by atoms with Crippen LogP contribution in [0.1, 0.15) is 12.0 Å². The summed E-state index contributed by atoms with van der Waals surface area (Å²) in [6, 6.07) is 7.56. The molecule has 0 amide bonds. The standard InChI is InChI=1S/C18H20ClN3O3/c19-15-3-1-2-4-16(15)22-9-13(7-20-22)8-21-10-14-11-25-6-5-18(14,12-21)17(23)24/h1-4,7,9,14H,5-6,8,10-12H2,(H,23,24)/t14-,18+/m1/s1. The summed E-state index contributed by atoms with van der Waals surface area (Å²) in [5.74, 6) is -0.646. The Morgan fingerprint density at radius 1 is 1.44 bits per heavy atom. The largest absolute Gasteiger partial charge is 0.481 e. The molecule has 1 aromatic carbocycles. The van der Waals surface area contributed by atoms with Gasteiger partial charge in [-0.25, -0.2) is 4.68 Å². The van der Waals surface area contributed by atoms with Crippen molar-refractivity contribution in [3.63, 3.8) is 0 Å². The van der Waals surface area contributed by atoms with Crippen LogP contribution in [0.15, 0.2) is 36.7 Å². The van der Waals surface area contributed by atoms with Gasteiger partial charge in [-0.2, -0.15) is 5.10 Å². The highest BCUT2D eigenvalue weighted by molar-refractivity contribution is 6.32. The van der Waals surface area contributed by atoms with Gasteiger partial charge in [0.1, 0.15) is 0 Å². The molecule has 2 fully saturated rings. The predicted octanol–water partition coefficient (Wildman–Crippen LogP) is 2.45. The number of para-hydroxylation sites is 1. The summed E-state index contributed by atoms with van der Waals surface area (Å²) in [5.41, 5.74) is 1.21. The zero-order valence-corrected chi connectivity index (χ0v) is 14.5.